The summed E-state index contributed by atoms with van der Waals surface area (Å²) < 4.78 is 21.4. The highest BCUT2D eigenvalue weighted by atomic mass is 19.1. The van der Waals surface area contributed by atoms with Crippen molar-refractivity contribution < 1.29 is 9.13 Å². The van der Waals surface area contributed by atoms with Crippen molar-refractivity contribution in [2.24, 2.45) is 5.92 Å². The van der Waals surface area contributed by atoms with Gasteiger partial charge in [-0.2, -0.15) is 5.10 Å². The number of hydrogen-bond donors (Lipinski definition) is 0. The second kappa shape index (κ2) is 9.62. The minimum Gasteiger partial charge on any atom is -0.497 e. The minimum absolute atomic E-state index is 0.281. The van der Waals surface area contributed by atoms with Crippen LogP contribution in [0.15, 0.2) is 54.7 Å². The lowest BCUT2D eigenvalue weighted by molar-refractivity contribution is 0.164. The summed E-state index contributed by atoms with van der Waals surface area (Å²) in [5.74, 6) is 1.20. The van der Waals surface area contributed by atoms with Gasteiger partial charge in [0.1, 0.15) is 17.3 Å². The molecule has 0 bridgehead atoms. The van der Waals surface area contributed by atoms with Crippen molar-refractivity contribution in [2.75, 3.05) is 40.8 Å². The zero-order valence-electron chi connectivity index (χ0n) is 18.6. The smallest absolute Gasteiger partial charge is 0.148 e. The first-order valence-corrected chi connectivity index (χ1v) is 10.9. The van der Waals surface area contributed by atoms with Crippen molar-refractivity contribution in [3.8, 4) is 22.7 Å². The van der Waals surface area contributed by atoms with Crippen molar-refractivity contribution in [2.45, 2.75) is 19.4 Å². The molecule has 4 rings (SSSR count). The van der Waals surface area contributed by atoms with Crippen LogP contribution >= 0.6 is 0 Å². The molecule has 31 heavy (non-hydrogen) atoms. The quantitative estimate of drug-likeness (QED) is 0.563. The molecule has 1 fully saturated rings. The average molecular weight is 423 g/mol. The minimum atomic E-state index is -0.281. The number of ether oxygens (including phenoxy) is 1. The topological polar surface area (TPSA) is 33.5 Å². The van der Waals surface area contributed by atoms with E-state index in [-0.39, 0.29) is 5.82 Å². The molecule has 0 spiro atoms. The number of para-hydroxylation sites is 1. The van der Waals surface area contributed by atoms with Crippen molar-refractivity contribution in [1.82, 2.24) is 19.6 Å². The molecule has 6 heteroatoms. The molecule has 1 atom stereocenters. The Morgan fingerprint density at radius 2 is 1.94 bits per heavy atom. The second-order valence-corrected chi connectivity index (χ2v) is 8.59. The van der Waals surface area contributed by atoms with E-state index in [1.165, 1.54) is 25.5 Å². The molecule has 0 saturated carbocycles. The number of methoxy groups -OCH3 is 1. The van der Waals surface area contributed by atoms with E-state index in [4.69, 9.17) is 9.84 Å². The van der Waals surface area contributed by atoms with Gasteiger partial charge in [-0.3, -0.25) is 0 Å². The maximum absolute atomic E-state index is 14.4. The standard InChI is InChI=1S/C25H31FN4O/c1-28-14-6-7-19(15-28)16-29(2)17-21-18-30(24-9-5-4-8-23(24)26)27-25(21)20-10-12-22(31-3)13-11-20/h4-5,8-13,18-19H,6-7,14-17H2,1-3H3. The van der Waals surface area contributed by atoms with Gasteiger partial charge >= 0.3 is 0 Å². The molecule has 1 unspecified atom stereocenters. The Kier molecular flexibility index (Phi) is 6.68. The molecule has 3 aromatic rings. The van der Waals surface area contributed by atoms with Crippen molar-refractivity contribution in [3.63, 3.8) is 0 Å². The maximum Gasteiger partial charge on any atom is 0.148 e. The molecule has 1 saturated heterocycles. The van der Waals surface area contributed by atoms with Gasteiger partial charge in [0.05, 0.1) is 12.8 Å². The van der Waals surface area contributed by atoms with Gasteiger partial charge in [0.2, 0.25) is 0 Å². The Bertz CT molecular complexity index is 1000. The summed E-state index contributed by atoms with van der Waals surface area (Å²) in [4.78, 5) is 4.78. The van der Waals surface area contributed by atoms with Crippen LogP contribution in [0.25, 0.3) is 16.9 Å². The van der Waals surface area contributed by atoms with Crippen LogP contribution in [-0.4, -0.2) is 60.4 Å². The third-order valence-electron chi connectivity index (χ3n) is 5.98. The van der Waals surface area contributed by atoms with Crippen molar-refractivity contribution in [3.05, 3.63) is 66.1 Å². The third-order valence-corrected chi connectivity index (χ3v) is 5.98. The van der Waals surface area contributed by atoms with Crippen LogP contribution in [0.2, 0.25) is 0 Å². The molecule has 0 aliphatic carbocycles. The first-order valence-electron chi connectivity index (χ1n) is 10.9. The van der Waals surface area contributed by atoms with Gasteiger partial charge in [0.15, 0.2) is 0 Å². The number of benzene rings is 2. The first kappa shape index (κ1) is 21.5. The highest BCUT2D eigenvalue weighted by Crippen LogP contribution is 2.28. The molecule has 0 radical (unpaired) electrons. The summed E-state index contributed by atoms with van der Waals surface area (Å²) in [5, 5.41) is 4.78. The Morgan fingerprint density at radius 1 is 1.16 bits per heavy atom. The monoisotopic (exact) mass is 422 g/mol. The largest absolute Gasteiger partial charge is 0.497 e. The van der Waals surface area contributed by atoms with Crippen LogP contribution < -0.4 is 4.74 Å². The summed E-state index contributed by atoms with van der Waals surface area (Å²) in [6.45, 7) is 4.13. The Hall–Kier alpha value is -2.70. The van der Waals surface area contributed by atoms with E-state index in [9.17, 15) is 4.39 Å². The molecule has 2 heterocycles. The van der Waals surface area contributed by atoms with Crippen LogP contribution in [0.5, 0.6) is 5.75 Å². The highest BCUT2D eigenvalue weighted by Gasteiger charge is 2.21. The van der Waals surface area contributed by atoms with E-state index >= 15 is 0 Å². The zero-order chi connectivity index (χ0) is 21.8. The lowest BCUT2D eigenvalue weighted by Gasteiger charge is -2.32. The fraction of sp³-hybridized carbons (Fsp3) is 0.400. The summed E-state index contributed by atoms with van der Waals surface area (Å²) in [6, 6.07) is 14.6. The summed E-state index contributed by atoms with van der Waals surface area (Å²) in [7, 11) is 6.02. The van der Waals surface area contributed by atoms with E-state index in [0.717, 1.165) is 42.2 Å². The molecule has 0 amide bonds. The normalized spacial score (nSPS) is 17.3. The number of aromatic nitrogens is 2. The van der Waals surface area contributed by atoms with E-state index in [2.05, 4.69) is 23.9 Å². The molecule has 1 aromatic heterocycles. The van der Waals surface area contributed by atoms with Crippen LogP contribution in [-0.2, 0) is 6.54 Å². The lowest BCUT2D eigenvalue weighted by Crippen LogP contribution is -2.37. The molecule has 164 valence electrons. The molecular weight excluding hydrogens is 391 g/mol. The SMILES string of the molecule is COc1ccc(-c2nn(-c3ccccc3F)cc2CN(C)CC2CCCN(C)C2)cc1. The van der Waals surface area contributed by atoms with Gasteiger partial charge in [-0.05, 0) is 75.8 Å². The van der Waals surface area contributed by atoms with E-state index in [1.54, 1.807) is 23.9 Å². The molecule has 1 aliphatic rings. The van der Waals surface area contributed by atoms with E-state index in [1.807, 2.05) is 36.5 Å². The fourth-order valence-corrected chi connectivity index (χ4v) is 4.50. The molecular formula is C25H31FN4O. The molecule has 0 N–H and O–H groups in total. The van der Waals surface area contributed by atoms with Crippen LogP contribution in [0.1, 0.15) is 18.4 Å². The fourth-order valence-electron chi connectivity index (χ4n) is 4.50. The Morgan fingerprint density at radius 3 is 2.65 bits per heavy atom. The summed E-state index contributed by atoms with van der Waals surface area (Å²) in [5.41, 5.74) is 3.41. The van der Waals surface area contributed by atoms with Gasteiger partial charge in [-0.1, -0.05) is 12.1 Å². The lowest BCUT2D eigenvalue weighted by atomic mass is 9.98. The van der Waals surface area contributed by atoms with Gasteiger partial charge in [-0.15, -0.1) is 0 Å². The highest BCUT2D eigenvalue weighted by molar-refractivity contribution is 5.64. The first-order chi connectivity index (χ1) is 15.0. The van der Waals surface area contributed by atoms with Crippen LogP contribution in [0.3, 0.4) is 0 Å². The van der Waals surface area contributed by atoms with Gasteiger partial charge < -0.3 is 14.5 Å². The number of halogens is 1. The van der Waals surface area contributed by atoms with Crippen LogP contribution in [0.4, 0.5) is 4.39 Å². The van der Waals surface area contributed by atoms with Crippen LogP contribution in [0, 0.1) is 11.7 Å². The number of likely N-dealkylation sites (tertiary alicyclic amines) is 1. The number of nitrogens with zero attached hydrogens (tertiary/aromatic N) is 4. The van der Waals surface area contributed by atoms with Gasteiger partial charge in [0, 0.05) is 37.0 Å². The predicted molar refractivity (Wildman–Crippen MR) is 122 cm³/mol. The van der Waals surface area contributed by atoms with Gasteiger partial charge in [-0.25, -0.2) is 9.07 Å². The summed E-state index contributed by atoms with van der Waals surface area (Å²) in [6.07, 6.45) is 4.49. The molecule has 5 nitrogen and oxygen atoms in total. The molecule has 1 aliphatic heterocycles. The summed E-state index contributed by atoms with van der Waals surface area (Å²) >= 11 is 0. The molecule has 2 aromatic carbocycles. The second-order valence-electron chi connectivity index (χ2n) is 8.59. The average Bonchev–Trinajstić information content (AvgIpc) is 3.17. The third kappa shape index (κ3) is 5.14. The van der Waals surface area contributed by atoms with E-state index in [0.29, 0.717) is 11.6 Å². The van der Waals surface area contributed by atoms with E-state index < -0.39 is 0 Å². The van der Waals surface area contributed by atoms with Gasteiger partial charge in [0.25, 0.3) is 0 Å². The van der Waals surface area contributed by atoms with Crippen molar-refractivity contribution >= 4 is 0 Å². The maximum atomic E-state index is 14.4. The predicted octanol–water partition coefficient (Wildman–Crippen LogP) is 4.46. The number of hydrogen-bond acceptors (Lipinski definition) is 4. The Labute approximate surface area is 184 Å². The zero-order valence-corrected chi connectivity index (χ0v) is 18.6. The number of piperidine rings is 1. The Balaban J connectivity index is 1.61. The van der Waals surface area contributed by atoms with Crippen molar-refractivity contribution in [1.29, 1.82) is 0 Å². The number of rotatable bonds is 7.